The van der Waals surface area contributed by atoms with Gasteiger partial charge < -0.3 is 0 Å². The van der Waals surface area contributed by atoms with Crippen LogP contribution in [-0.2, 0) is 0 Å². The van der Waals surface area contributed by atoms with Crippen molar-refractivity contribution in [1.29, 1.82) is 0 Å². The highest BCUT2D eigenvalue weighted by Crippen LogP contribution is 3.02. The van der Waals surface area contributed by atoms with Crippen LogP contribution in [0, 0.1) is 0 Å². The molecule has 0 aliphatic heterocycles. The molecule has 7 heteroatoms. The van der Waals surface area contributed by atoms with E-state index in [1.54, 1.807) is 6.07 Å². The van der Waals surface area contributed by atoms with E-state index in [9.17, 15) is 15.5 Å². The molecule has 0 atom stereocenters. The first-order valence-electron chi connectivity index (χ1n) is 5.71. The van der Waals surface area contributed by atoms with Gasteiger partial charge in [-0.25, -0.2) is 0 Å². The van der Waals surface area contributed by atoms with Crippen molar-refractivity contribution >= 4 is 42.4 Å². The lowest BCUT2D eigenvalue weighted by atomic mass is 10.2. The van der Waals surface area contributed by atoms with Crippen LogP contribution in [0.5, 0.6) is 0 Å². The number of hydrogen-bond acceptors (Lipinski definition) is 0. The maximum absolute atomic E-state index is 14.2. The van der Waals surface area contributed by atoms with Gasteiger partial charge in [-0.1, -0.05) is 57.9 Å². The standard InChI is InChI=1S/C14H10BrClF4S/c15-12-6-8-13(9-7-12)21(17,18,19,20)10-14(16)11-4-2-1-3-5-11/h1-10H/b14-10+. The maximum atomic E-state index is 14.2. The molecule has 0 amide bonds. The molecule has 0 saturated carbocycles. The summed E-state index contributed by atoms with van der Waals surface area (Å²) in [5.41, 5.74) is 0.104. The summed E-state index contributed by atoms with van der Waals surface area (Å²) < 4.78 is 57.3. The van der Waals surface area contributed by atoms with Crippen molar-refractivity contribution in [3.05, 3.63) is 70.0 Å². The first kappa shape index (κ1) is 16.4. The first-order valence-corrected chi connectivity index (χ1v) is 8.99. The van der Waals surface area contributed by atoms with Gasteiger partial charge in [-0.05, 0) is 29.8 Å². The third kappa shape index (κ3) is 3.81. The first-order chi connectivity index (χ1) is 9.50. The minimum atomic E-state index is -8.59. The van der Waals surface area contributed by atoms with Crippen LogP contribution in [0.3, 0.4) is 0 Å². The van der Waals surface area contributed by atoms with E-state index < -0.39 is 25.2 Å². The van der Waals surface area contributed by atoms with Crippen molar-refractivity contribution in [2.75, 3.05) is 0 Å². The van der Waals surface area contributed by atoms with Crippen molar-refractivity contribution in [1.82, 2.24) is 0 Å². The molecule has 0 aliphatic carbocycles. The average Bonchev–Trinajstić information content (AvgIpc) is 2.38. The Bertz CT molecular complexity index is 692. The molecule has 21 heavy (non-hydrogen) atoms. The Morgan fingerprint density at radius 2 is 1.43 bits per heavy atom. The average molecular weight is 402 g/mol. The summed E-state index contributed by atoms with van der Waals surface area (Å²) in [5, 5.41) is -1.09. The molecule has 2 aromatic carbocycles. The Hall–Kier alpha value is -0.980. The van der Waals surface area contributed by atoms with E-state index in [-0.39, 0.29) is 5.56 Å². The summed E-state index contributed by atoms with van der Waals surface area (Å²) in [6.45, 7) is 0. The van der Waals surface area contributed by atoms with Crippen molar-refractivity contribution in [2.45, 2.75) is 4.90 Å². The molecule has 0 aliphatic rings. The van der Waals surface area contributed by atoms with Crippen molar-refractivity contribution < 1.29 is 15.5 Å². The quantitative estimate of drug-likeness (QED) is 0.468. The van der Waals surface area contributed by atoms with Gasteiger partial charge in [-0.2, -0.15) is 0 Å². The molecule has 0 unspecified atom stereocenters. The van der Waals surface area contributed by atoms with Crippen LogP contribution in [0.2, 0.25) is 0 Å². The molecule has 0 spiro atoms. The molecule has 0 N–H and O–H groups in total. The smallest absolute Gasteiger partial charge is 0.117 e. The lowest BCUT2D eigenvalue weighted by Crippen LogP contribution is -2.10. The highest BCUT2D eigenvalue weighted by molar-refractivity contribution is 9.10. The number of benzene rings is 2. The lowest BCUT2D eigenvalue weighted by molar-refractivity contribution is 0.466. The monoisotopic (exact) mass is 400 g/mol. The predicted molar refractivity (Wildman–Crippen MR) is 84.7 cm³/mol. The van der Waals surface area contributed by atoms with E-state index in [0.29, 0.717) is 16.6 Å². The SMILES string of the molecule is FS(F)(F)(F)(/C=C(/Cl)c1ccccc1)c1ccc(Br)cc1. The summed E-state index contributed by atoms with van der Waals surface area (Å²) in [5.74, 6) is 0. The van der Waals surface area contributed by atoms with Gasteiger partial charge in [-0.3, -0.25) is 0 Å². The summed E-state index contributed by atoms with van der Waals surface area (Å²) in [6, 6.07) is 11.1. The Morgan fingerprint density at radius 3 is 1.95 bits per heavy atom. The highest BCUT2D eigenvalue weighted by atomic mass is 79.9. The van der Waals surface area contributed by atoms with Crippen molar-refractivity contribution in [3.63, 3.8) is 0 Å². The van der Waals surface area contributed by atoms with Crippen LogP contribution >= 0.6 is 37.4 Å². The normalized spacial score (nSPS) is 16.2. The fourth-order valence-corrected chi connectivity index (χ4v) is 3.98. The van der Waals surface area contributed by atoms with Gasteiger partial charge in [0.15, 0.2) is 0 Å². The second-order valence-corrected chi connectivity index (χ2v) is 8.71. The molecule has 0 heterocycles. The molecular weight excluding hydrogens is 392 g/mol. The zero-order valence-electron chi connectivity index (χ0n) is 10.4. The van der Waals surface area contributed by atoms with Gasteiger partial charge in [0, 0.05) is 4.47 Å². The summed E-state index contributed by atoms with van der Waals surface area (Å²) in [7, 11) is -8.59. The molecule has 0 bridgehead atoms. The largest absolute Gasteiger partial charge is 0.205 e. The number of halogens is 6. The number of hydrogen-bond donors (Lipinski definition) is 0. The molecule has 2 aromatic rings. The van der Waals surface area contributed by atoms with Crippen LogP contribution in [0.4, 0.5) is 15.5 Å². The van der Waals surface area contributed by atoms with Crippen LogP contribution in [-0.4, -0.2) is 0 Å². The topological polar surface area (TPSA) is 0 Å². The summed E-state index contributed by atoms with van der Waals surface area (Å²) in [4.78, 5) is -1.34. The minimum absolute atomic E-state index is 0.104. The van der Waals surface area contributed by atoms with Gasteiger partial charge in [0.1, 0.15) is 0 Å². The van der Waals surface area contributed by atoms with Gasteiger partial charge in [0.05, 0.1) is 15.3 Å². The lowest BCUT2D eigenvalue weighted by Gasteiger charge is -2.47. The molecular formula is C14H10BrClF4S. The van der Waals surface area contributed by atoms with Crippen molar-refractivity contribution in [2.24, 2.45) is 0 Å². The fraction of sp³-hybridized carbons (Fsp3) is 0. The van der Waals surface area contributed by atoms with E-state index in [0.717, 1.165) is 12.1 Å². The van der Waals surface area contributed by atoms with Crippen LogP contribution in [0.15, 0.2) is 69.4 Å². The van der Waals surface area contributed by atoms with Gasteiger partial charge in [-0.15, -0.1) is 15.5 Å². The minimum Gasteiger partial charge on any atom is -0.117 e. The molecule has 0 nitrogen and oxygen atoms in total. The van der Waals surface area contributed by atoms with Gasteiger partial charge in [0.25, 0.3) is 0 Å². The second kappa shape index (κ2) is 4.76. The highest BCUT2D eigenvalue weighted by Gasteiger charge is 2.62. The molecule has 0 fully saturated rings. The molecule has 2 rings (SSSR count). The zero-order chi connectivity index (χ0) is 15.8. The van der Waals surface area contributed by atoms with Crippen LogP contribution in [0.1, 0.15) is 5.56 Å². The maximum Gasteiger partial charge on any atom is 0.205 e. The molecule has 0 saturated heterocycles. The zero-order valence-corrected chi connectivity index (χ0v) is 13.6. The molecule has 114 valence electrons. The van der Waals surface area contributed by atoms with E-state index in [1.165, 1.54) is 24.3 Å². The van der Waals surface area contributed by atoms with Gasteiger partial charge >= 0.3 is 0 Å². The van der Waals surface area contributed by atoms with Crippen molar-refractivity contribution in [3.8, 4) is 0 Å². The van der Waals surface area contributed by atoms with E-state index in [4.69, 9.17) is 11.6 Å². The van der Waals surface area contributed by atoms with E-state index in [2.05, 4.69) is 15.9 Å². The summed E-state index contributed by atoms with van der Waals surface area (Å²) >= 11 is 8.69. The van der Waals surface area contributed by atoms with E-state index >= 15 is 0 Å². The Balaban J connectivity index is 2.59. The third-order valence-corrected chi connectivity index (χ3v) is 5.65. The Kier molecular flexibility index (Phi) is 3.72. The molecule has 0 aromatic heterocycles. The Labute approximate surface area is 133 Å². The van der Waals surface area contributed by atoms with Crippen LogP contribution < -0.4 is 0 Å². The predicted octanol–water partition coefficient (Wildman–Crippen LogP) is 7.46. The third-order valence-electron chi connectivity index (χ3n) is 2.70. The van der Waals surface area contributed by atoms with E-state index in [1.807, 2.05) is 0 Å². The number of rotatable bonds is 3. The second-order valence-electron chi connectivity index (χ2n) is 4.42. The summed E-state index contributed by atoms with van der Waals surface area (Å²) in [6.07, 6.45) is 0. The Morgan fingerprint density at radius 1 is 0.905 bits per heavy atom. The van der Waals surface area contributed by atoms with Gasteiger partial charge in [0.2, 0.25) is 9.84 Å². The molecule has 0 radical (unpaired) electrons. The van der Waals surface area contributed by atoms with Crippen LogP contribution in [0.25, 0.3) is 5.03 Å². The fourth-order valence-electron chi connectivity index (χ4n) is 1.66.